The Morgan fingerprint density at radius 2 is 1.93 bits per heavy atom. The van der Waals surface area contributed by atoms with E-state index in [9.17, 15) is 18.4 Å². The molecule has 1 aliphatic heterocycles. The van der Waals surface area contributed by atoms with Crippen molar-refractivity contribution in [1.29, 1.82) is 0 Å². The van der Waals surface area contributed by atoms with E-state index in [1.165, 1.54) is 28.9 Å². The van der Waals surface area contributed by atoms with Crippen LogP contribution in [-0.2, 0) is 10.7 Å². The van der Waals surface area contributed by atoms with Crippen LogP contribution in [0.15, 0.2) is 47.2 Å². The van der Waals surface area contributed by atoms with E-state index >= 15 is 0 Å². The smallest absolute Gasteiger partial charge is 0.410 e. The van der Waals surface area contributed by atoms with Crippen LogP contribution in [0.2, 0.25) is 0 Å². The summed E-state index contributed by atoms with van der Waals surface area (Å²) in [5, 5.41) is 6.98. The molecule has 210 valence electrons. The lowest BCUT2D eigenvalue weighted by molar-refractivity contribution is 0.0172. The van der Waals surface area contributed by atoms with Crippen LogP contribution in [-0.4, -0.2) is 48.6 Å². The first kappa shape index (κ1) is 27.2. The van der Waals surface area contributed by atoms with Crippen LogP contribution in [0.1, 0.15) is 74.1 Å². The number of halogens is 2. The number of carbonyl (C=O) groups is 2. The number of aryl methyl sites for hydroxylation is 1. The van der Waals surface area contributed by atoms with Crippen molar-refractivity contribution in [1.82, 2.24) is 24.4 Å². The SMILES string of the molecule is Cc1ccc(-c2noc([C@@H]3CCCN3C(=O)OC(C)(C)C)n2)cc1NC(=O)c1cnc2cc(C(C)(F)F)ccn12. The number of hydrogen-bond donors (Lipinski definition) is 1. The maximum absolute atomic E-state index is 13.7. The number of imidazole rings is 1. The van der Waals surface area contributed by atoms with Crippen molar-refractivity contribution >= 4 is 23.3 Å². The van der Waals surface area contributed by atoms with Crippen LogP contribution >= 0.6 is 0 Å². The molecule has 40 heavy (non-hydrogen) atoms. The van der Waals surface area contributed by atoms with Crippen molar-refractivity contribution in [3.8, 4) is 11.4 Å². The number of benzene rings is 1. The average molecular weight is 553 g/mol. The van der Waals surface area contributed by atoms with E-state index in [1.54, 1.807) is 17.0 Å². The Bertz CT molecular complexity index is 1580. The summed E-state index contributed by atoms with van der Waals surface area (Å²) in [6, 6.07) is 7.48. The summed E-state index contributed by atoms with van der Waals surface area (Å²) in [4.78, 5) is 36.1. The number of pyridine rings is 1. The zero-order valence-electron chi connectivity index (χ0n) is 22.9. The lowest BCUT2D eigenvalue weighted by atomic mass is 10.1. The number of aromatic nitrogens is 4. The van der Waals surface area contributed by atoms with Crippen LogP contribution in [0.4, 0.5) is 19.3 Å². The van der Waals surface area contributed by atoms with Crippen molar-refractivity contribution in [3.05, 3.63) is 65.4 Å². The molecule has 2 amide bonds. The first-order chi connectivity index (χ1) is 18.8. The molecule has 4 heterocycles. The summed E-state index contributed by atoms with van der Waals surface area (Å²) in [6.07, 6.45) is 3.77. The predicted molar refractivity (Wildman–Crippen MR) is 142 cm³/mol. The van der Waals surface area contributed by atoms with Crippen LogP contribution in [0.3, 0.4) is 0 Å². The van der Waals surface area contributed by atoms with Gasteiger partial charge in [0.2, 0.25) is 11.7 Å². The molecule has 1 fully saturated rings. The Labute approximate surface area is 229 Å². The van der Waals surface area contributed by atoms with E-state index in [-0.39, 0.29) is 22.9 Å². The number of carbonyl (C=O) groups excluding carboxylic acids is 2. The summed E-state index contributed by atoms with van der Waals surface area (Å²) in [7, 11) is 0. The third-order valence-electron chi connectivity index (χ3n) is 6.60. The van der Waals surface area contributed by atoms with Gasteiger partial charge in [-0.15, -0.1) is 0 Å². The maximum atomic E-state index is 13.7. The molecule has 1 atom stereocenters. The molecule has 12 heteroatoms. The Morgan fingerprint density at radius 3 is 2.65 bits per heavy atom. The molecule has 0 radical (unpaired) electrons. The molecule has 1 saturated heterocycles. The fourth-order valence-corrected chi connectivity index (χ4v) is 4.55. The third kappa shape index (κ3) is 5.51. The number of anilines is 1. The van der Waals surface area contributed by atoms with Gasteiger partial charge in [-0.25, -0.2) is 18.6 Å². The highest BCUT2D eigenvalue weighted by Gasteiger charge is 2.36. The molecule has 1 N–H and O–H groups in total. The van der Waals surface area contributed by atoms with E-state index in [0.29, 0.717) is 35.9 Å². The minimum atomic E-state index is -3.02. The minimum absolute atomic E-state index is 0.188. The summed E-state index contributed by atoms with van der Waals surface area (Å²) in [5.74, 6) is -2.86. The van der Waals surface area contributed by atoms with Crippen molar-refractivity contribution in [2.45, 2.75) is 65.0 Å². The molecule has 3 aromatic heterocycles. The summed E-state index contributed by atoms with van der Waals surface area (Å²) in [6.45, 7) is 8.61. The van der Waals surface area contributed by atoms with Crippen molar-refractivity contribution in [2.24, 2.45) is 0 Å². The Balaban J connectivity index is 1.35. The van der Waals surface area contributed by atoms with E-state index < -0.39 is 23.5 Å². The second-order valence-electron chi connectivity index (χ2n) is 10.9. The molecule has 5 rings (SSSR count). The number of fused-ring (bicyclic) bond motifs is 1. The average Bonchev–Trinajstić information content (AvgIpc) is 3.62. The normalized spacial score (nSPS) is 16.0. The maximum Gasteiger partial charge on any atom is 0.410 e. The monoisotopic (exact) mass is 552 g/mol. The standard InChI is InChI=1S/C28H30F2N6O4/c1-16-8-9-17(23-33-25(40-34-23)20-7-6-11-36(20)26(38)39-27(2,3)4)13-19(16)32-24(37)21-15-31-22-14-18(28(5,29)30)10-12-35(21)22/h8-10,12-15,20H,6-7,11H2,1-5H3,(H,32,37)/t20-/m0/s1. The first-order valence-corrected chi connectivity index (χ1v) is 12.9. The van der Waals surface area contributed by atoms with Gasteiger partial charge in [-0.2, -0.15) is 4.98 Å². The zero-order valence-corrected chi connectivity index (χ0v) is 22.9. The van der Waals surface area contributed by atoms with Gasteiger partial charge in [0.25, 0.3) is 11.8 Å². The molecule has 1 aromatic carbocycles. The number of likely N-dealkylation sites (tertiary alicyclic amines) is 1. The molecule has 0 saturated carbocycles. The second kappa shape index (κ2) is 10.00. The zero-order chi connectivity index (χ0) is 28.8. The fraction of sp³-hybridized carbons (Fsp3) is 0.393. The Kier molecular flexibility index (Phi) is 6.80. The van der Waals surface area contributed by atoms with Crippen LogP contribution < -0.4 is 5.32 Å². The summed E-state index contributed by atoms with van der Waals surface area (Å²) < 4.78 is 39.9. The number of hydrogen-bond acceptors (Lipinski definition) is 7. The molecule has 0 aliphatic carbocycles. The van der Waals surface area contributed by atoms with E-state index in [2.05, 4.69) is 20.4 Å². The molecule has 0 unspecified atom stereocenters. The van der Waals surface area contributed by atoms with Gasteiger partial charge < -0.3 is 14.6 Å². The van der Waals surface area contributed by atoms with Crippen LogP contribution in [0.25, 0.3) is 17.0 Å². The van der Waals surface area contributed by atoms with Gasteiger partial charge in [-0.1, -0.05) is 17.3 Å². The van der Waals surface area contributed by atoms with Gasteiger partial charge in [0.15, 0.2) is 0 Å². The second-order valence-corrected chi connectivity index (χ2v) is 10.9. The van der Waals surface area contributed by atoms with Gasteiger partial charge in [0.05, 0.1) is 6.20 Å². The highest BCUT2D eigenvalue weighted by atomic mass is 19.3. The van der Waals surface area contributed by atoms with Crippen LogP contribution in [0.5, 0.6) is 0 Å². The molecular weight excluding hydrogens is 522 g/mol. The molecule has 1 aliphatic rings. The van der Waals surface area contributed by atoms with E-state index in [1.807, 2.05) is 33.8 Å². The fourth-order valence-electron chi connectivity index (χ4n) is 4.55. The quantitative estimate of drug-likeness (QED) is 0.317. The third-order valence-corrected chi connectivity index (χ3v) is 6.60. The number of ether oxygens (including phenoxy) is 1. The largest absolute Gasteiger partial charge is 0.444 e. The lowest BCUT2D eigenvalue weighted by Crippen LogP contribution is -2.36. The summed E-state index contributed by atoms with van der Waals surface area (Å²) >= 11 is 0. The topological polar surface area (TPSA) is 115 Å². The molecule has 0 spiro atoms. The molecular formula is C28H30F2N6O4. The lowest BCUT2D eigenvalue weighted by Gasteiger charge is -2.26. The Morgan fingerprint density at radius 1 is 1.15 bits per heavy atom. The van der Waals surface area contributed by atoms with Crippen molar-refractivity contribution in [2.75, 3.05) is 11.9 Å². The van der Waals surface area contributed by atoms with Gasteiger partial charge in [-0.3, -0.25) is 14.1 Å². The highest BCUT2D eigenvalue weighted by Crippen LogP contribution is 2.34. The number of rotatable bonds is 5. The highest BCUT2D eigenvalue weighted by molar-refractivity contribution is 6.04. The number of amides is 2. The minimum Gasteiger partial charge on any atom is -0.444 e. The van der Waals surface area contributed by atoms with Crippen LogP contribution in [0, 0.1) is 6.92 Å². The number of nitrogens with one attached hydrogen (secondary N) is 1. The predicted octanol–water partition coefficient (Wildman–Crippen LogP) is 6.13. The Hall–Kier alpha value is -4.35. The van der Waals surface area contributed by atoms with Gasteiger partial charge in [-0.05, 0) is 64.3 Å². The van der Waals surface area contributed by atoms with E-state index in [0.717, 1.165) is 18.9 Å². The summed E-state index contributed by atoms with van der Waals surface area (Å²) in [5.41, 5.74) is 1.52. The molecule has 4 aromatic rings. The molecule has 10 nitrogen and oxygen atoms in total. The van der Waals surface area contributed by atoms with E-state index in [4.69, 9.17) is 9.26 Å². The van der Waals surface area contributed by atoms with Crippen molar-refractivity contribution in [3.63, 3.8) is 0 Å². The van der Waals surface area contributed by atoms with Gasteiger partial charge >= 0.3 is 6.09 Å². The number of nitrogens with zero attached hydrogens (tertiary/aromatic N) is 5. The number of alkyl halides is 2. The first-order valence-electron chi connectivity index (χ1n) is 12.9. The van der Waals surface area contributed by atoms with Crippen molar-refractivity contribution < 1.29 is 27.6 Å². The molecule has 0 bridgehead atoms. The van der Waals surface area contributed by atoms with Gasteiger partial charge in [0.1, 0.15) is 23.0 Å². The van der Waals surface area contributed by atoms with Gasteiger partial charge in [0, 0.05) is 36.5 Å².